The van der Waals surface area contributed by atoms with Crippen LogP contribution in [-0.4, -0.2) is 21.1 Å². The molecular formula is C13H14ClN3O. The van der Waals surface area contributed by atoms with E-state index in [1.807, 2.05) is 13.8 Å². The van der Waals surface area contributed by atoms with Gasteiger partial charge in [-0.05, 0) is 18.2 Å². The van der Waals surface area contributed by atoms with Crippen LogP contribution in [0.15, 0.2) is 18.2 Å². The quantitative estimate of drug-likeness (QED) is 0.797. The van der Waals surface area contributed by atoms with E-state index in [4.69, 9.17) is 11.6 Å². The highest BCUT2D eigenvalue weighted by Gasteiger charge is 2.12. The number of halogens is 1. The molecule has 5 heteroatoms. The Morgan fingerprint density at radius 3 is 2.72 bits per heavy atom. The van der Waals surface area contributed by atoms with E-state index < -0.39 is 0 Å². The molecule has 0 unspecified atom stereocenters. The van der Waals surface area contributed by atoms with E-state index in [2.05, 4.69) is 10.1 Å². The molecule has 0 aliphatic carbocycles. The third kappa shape index (κ3) is 2.29. The van der Waals surface area contributed by atoms with Crippen molar-refractivity contribution in [3.8, 4) is 5.69 Å². The van der Waals surface area contributed by atoms with Crippen molar-refractivity contribution < 1.29 is 4.79 Å². The number of aromatic nitrogens is 3. The number of hydrogen-bond donors (Lipinski definition) is 0. The number of carbonyl (C=O) groups is 1. The predicted molar refractivity (Wildman–Crippen MR) is 70.5 cm³/mol. The van der Waals surface area contributed by atoms with Gasteiger partial charge in [-0.15, -0.1) is 0 Å². The normalized spacial score (nSPS) is 10.6. The van der Waals surface area contributed by atoms with E-state index in [-0.39, 0.29) is 0 Å². The lowest BCUT2D eigenvalue weighted by Crippen LogP contribution is -2.05. The summed E-state index contributed by atoms with van der Waals surface area (Å²) in [6.07, 6.45) is 2.31. The van der Waals surface area contributed by atoms with Gasteiger partial charge in [0.1, 0.15) is 5.82 Å². The largest absolute Gasteiger partial charge is 0.298 e. The maximum Gasteiger partial charge on any atom is 0.152 e. The number of hydrogen-bond acceptors (Lipinski definition) is 3. The zero-order valence-corrected chi connectivity index (χ0v) is 11.1. The van der Waals surface area contributed by atoms with E-state index in [9.17, 15) is 4.79 Å². The molecule has 0 aliphatic rings. The molecule has 2 aromatic rings. The van der Waals surface area contributed by atoms with Crippen molar-refractivity contribution in [2.24, 2.45) is 0 Å². The zero-order valence-electron chi connectivity index (χ0n) is 10.4. The van der Waals surface area contributed by atoms with Crippen LogP contribution in [0.5, 0.6) is 0 Å². The van der Waals surface area contributed by atoms with E-state index in [0.717, 1.165) is 36.5 Å². The number of nitrogens with zero attached hydrogens (tertiary/aromatic N) is 3. The van der Waals surface area contributed by atoms with Crippen LogP contribution in [0.25, 0.3) is 5.69 Å². The predicted octanol–water partition coefficient (Wildman–Crippen LogP) is 2.86. The van der Waals surface area contributed by atoms with Crippen molar-refractivity contribution in [3.63, 3.8) is 0 Å². The van der Waals surface area contributed by atoms with Crippen LogP contribution in [0, 0.1) is 0 Å². The minimum absolute atomic E-state index is 0.518. The lowest BCUT2D eigenvalue weighted by Gasteiger charge is -2.07. The van der Waals surface area contributed by atoms with Gasteiger partial charge in [0.2, 0.25) is 0 Å². The van der Waals surface area contributed by atoms with Crippen molar-refractivity contribution in [3.05, 3.63) is 40.4 Å². The molecule has 0 N–H and O–H groups in total. The number of aryl methyl sites for hydroxylation is 2. The summed E-state index contributed by atoms with van der Waals surface area (Å²) in [6.45, 7) is 4.01. The summed E-state index contributed by atoms with van der Waals surface area (Å²) in [6, 6.07) is 5.17. The standard InChI is InChI=1S/C13H14ClN3O/c1-3-12-15-13(4-2)17(16-12)11-6-5-10(14)7-9(11)8-18/h5-8H,3-4H2,1-2H3. The molecule has 18 heavy (non-hydrogen) atoms. The molecule has 0 radical (unpaired) electrons. The van der Waals surface area contributed by atoms with Crippen LogP contribution in [0.2, 0.25) is 5.02 Å². The number of carbonyl (C=O) groups excluding carboxylic acids is 1. The van der Waals surface area contributed by atoms with Crippen LogP contribution < -0.4 is 0 Å². The SMILES string of the molecule is CCc1nc(CC)n(-c2ccc(Cl)cc2C=O)n1. The second-order valence-electron chi connectivity index (χ2n) is 3.88. The lowest BCUT2D eigenvalue weighted by atomic mass is 10.2. The van der Waals surface area contributed by atoms with Gasteiger partial charge in [-0.25, -0.2) is 9.67 Å². The molecule has 0 saturated heterocycles. The summed E-state index contributed by atoms with van der Waals surface area (Å²) in [5.74, 6) is 1.62. The molecule has 0 aliphatic heterocycles. The van der Waals surface area contributed by atoms with Crippen LogP contribution in [0.3, 0.4) is 0 Å². The maximum atomic E-state index is 11.1. The second-order valence-corrected chi connectivity index (χ2v) is 4.32. The first kappa shape index (κ1) is 12.8. The van der Waals surface area contributed by atoms with Gasteiger partial charge in [0, 0.05) is 23.4 Å². The first-order valence-electron chi connectivity index (χ1n) is 5.89. The summed E-state index contributed by atoms with van der Waals surface area (Å²) < 4.78 is 1.72. The Hall–Kier alpha value is -1.68. The fraction of sp³-hybridized carbons (Fsp3) is 0.308. The minimum Gasteiger partial charge on any atom is -0.298 e. The Labute approximate surface area is 111 Å². The molecule has 2 rings (SSSR count). The van der Waals surface area contributed by atoms with Gasteiger partial charge in [0.25, 0.3) is 0 Å². The van der Waals surface area contributed by atoms with Crippen LogP contribution in [-0.2, 0) is 12.8 Å². The highest BCUT2D eigenvalue weighted by atomic mass is 35.5. The van der Waals surface area contributed by atoms with E-state index in [0.29, 0.717) is 10.6 Å². The lowest BCUT2D eigenvalue weighted by molar-refractivity contribution is 0.112. The summed E-state index contributed by atoms with van der Waals surface area (Å²) >= 11 is 5.89. The Morgan fingerprint density at radius 2 is 2.11 bits per heavy atom. The highest BCUT2D eigenvalue weighted by Crippen LogP contribution is 2.19. The Bertz CT molecular complexity index is 578. The third-order valence-electron chi connectivity index (χ3n) is 2.70. The van der Waals surface area contributed by atoms with Crippen LogP contribution in [0.1, 0.15) is 35.9 Å². The van der Waals surface area contributed by atoms with Gasteiger partial charge in [0.05, 0.1) is 5.69 Å². The molecule has 0 bridgehead atoms. The molecule has 1 aromatic heterocycles. The minimum atomic E-state index is 0.518. The van der Waals surface area contributed by atoms with Crippen molar-refractivity contribution in [2.45, 2.75) is 26.7 Å². The second kappa shape index (κ2) is 5.31. The van der Waals surface area contributed by atoms with Crippen molar-refractivity contribution >= 4 is 17.9 Å². The molecule has 94 valence electrons. The molecule has 0 spiro atoms. The molecule has 0 amide bonds. The summed E-state index contributed by atoms with van der Waals surface area (Å²) in [5, 5.41) is 4.95. The first-order chi connectivity index (χ1) is 8.69. The molecule has 0 atom stereocenters. The highest BCUT2D eigenvalue weighted by molar-refractivity contribution is 6.30. The number of benzene rings is 1. The average Bonchev–Trinajstić information content (AvgIpc) is 2.81. The fourth-order valence-electron chi connectivity index (χ4n) is 1.78. The molecular weight excluding hydrogens is 250 g/mol. The van der Waals surface area contributed by atoms with Gasteiger partial charge >= 0.3 is 0 Å². The molecule has 4 nitrogen and oxygen atoms in total. The van der Waals surface area contributed by atoms with E-state index in [1.54, 1.807) is 22.9 Å². The van der Waals surface area contributed by atoms with Gasteiger partial charge in [-0.2, -0.15) is 5.10 Å². The summed E-state index contributed by atoms with van der Waals surface area (Å²) in [7, 11) is 0. The Kier molecular flexibility index (Phi) is 3.77. The summed E-state index contributed by atoms with van der Waals surface area (Å²) in [5.41, 5.74) is 1.24. The monoisotopic (exact) mass is 263 g/mol. The van der Waals surface area contributed by atoms with Crippen LogP contribution in [0.4, 0.5) is 0 Å². The van der Waals surface area contributed by atoms with Gasteiger partial charge in [0.15, 0.2) is 12.1 Å². The molecule has 0 saturated carbocycles. The van der Waals surface area contributed by atoms with Gasteiger partial charge < -0.3 is 0 Å². The molecule has 1 heterocycles. The molecule has 1 aromatic carbocycles. The Morgan fingerprint density at radius 1 is 1.33 bits per heavy atom. The molecule has 0 fully saturated rings. The fourth-order valence-corrected chi connectivity index (χ4v) is 1.96. The van der Waals surface area contributed by atoms with Gasteiger partial charge in [-0.1, -0.05) is 25.4 Å². The number of rotatable bonds is 4. The first-order valence-corrected chi connectivity index (χ1v) is 6.27. The summed E-state index contributed by atoms with van der Waals surface area (Å²) in [4.78, 5) is 15.5. The number of aldehydes is 1. The third-order valence-corrected chi connectivity index (χ3v) is 2.93. The average molecular weight is 264 g/mol. The zero-order chi connectivity index (χ0) is 13.1. The van der Waals surface area contributed by atoms with E-state index in [1.165, 1.54) is 0 Å². The smallest absolute Gasteiger partial charge is 0.152 e. The van der Waals surface area contributed by atoms with Crippen molar-refractivity contribution in [1.82, 2.24) is 14.8 Å². The van der Waals surface area contributed by atoms with Gasteiger partial charge in [-0.3, -0.25) is 4.79 Å². The maximum absolute atomic E-state index is 11.1. The van der Waals surface area contributed by atoms with Crippen molar-refractivity contribution in [2.75, 3.05) is 0 Å². The van der Waals surface area contributed by atoms with E-state index >= 15 is 0 Å². The Balaban J connectivity index is 2.60. The van der Waals surface area contributed by atoms with Crippen molar-refractivity contribution in [1.29, 1.82) is 0 Å². The van der Waals surface area contributed by atoms with Crippen LogP contribution >= 0.6 is 11.6 Å². The topological polar surface area (TPSA) is 47.8 Å².